The molecule has 0 heterocycles. The lowest BCUT2D eigenvalue weighted by Gasteiger charge is -2.21. The van der Waals surface area contributed by atoms with Gasteiger partial charge in [-0.1, -0.05) is 6.42 Å². The highest BCUT2D eigenvalue weighted by molar-refractivity contribution is 5.91. The van der Waals surface area contributed by atoms with Crippen LogP contribution in [0, 0.1) is 0 Å². The van der Waals surface area contributed by atoms with Gasteiger partial charge in [0.15, 0.2) is 5.78 Å². The minimum atomic E-state index is -4.91. The van der Waals surface area contributed by atoms with Gasteiger partial charge in [-0.25, -0.2) is 0 Å². The lowest BCUT2D eigenvalue weighted by Crippen LogP contribution is -2.47. The van der Waals surface area contributed by atoms with E-state index in [1.807, 2.05) is 0 Å². The van der Waals surface area contributed by atoms with E-state index in [4.69, 9.17) is 0 Å². The number of rotatable bonds is 1. The summed E-state index contributed by atoms with van der Waals surface area (Å²) < 4.78 is 35.4. The van der Waals surface area contributed by atoms with Crippen LogP contribution in [-0.4, -0.2) is 23.9 Å². The summed E-state index contributed by atoms with van der Waals surface area (Å²) in [5.41, 5.74) is 0. The van der Waals surface area contributed by atoms with E-state index < -0.39 is 18.1 Å². The maximum atomic E-state index is 11.8. The molecule has 0 unspecified atom stereocenters. The molecule has 1 saturated carbocycles. The third-order valence-corrected chi connectivity index (χ3v) is 2.12. The van der Waals surface area contributed by atoms with Crippen molar-refractivity contribution in [3.05, 3.63) is 0 Å². The zero-order chi connectivity index (χ0) is 10.8. The van der Waals surface area contributed by atoms with Crippen LogP contribution in [0.25, 0.3) is 0 Å². The Bertz CT molecular complexity index is 249. The molecule has 0 aliphatic heterocycles. The van der Waals surface area contributed by atoms with Crippen molar-refractivity contribution < 1.29 is 22.8 Å². The molecule has 80 valence electrons. The van der Waals surface area contributed by atoms with Crippen molar-refractivity contribution in [3.8, 4) is 0 Å². The van der Waals surface area contributed by atoms with Crippen LogP contribution in [0.4, 0.5) is 13.2 Å². The Morgan fingerprint density at radius 1 is 1.36 bits per heavy atom. The molecule has 1 amide bonds. The molecule has 6 heteroatoms. The second kappa shape index (κ2) is 3.98. The van der Waals surface area contributed by atoms with E-state index in [0.29, 0.717) is 19.3 Å². The molecule has 1 aliphatic carbocycles. The molecule has 0 bridgehead atoms. The SMILES string of the molecule is O=C1CCCC[C@H]1NC(=O)C(F)(F)F. The third-order valence-electron chi connectivity index (χ3n) is 2.12. The summed E-state index contributed by atoms with van der Waals surface area (Å²) in [4.78, 5) is 21.6. The van der Waals surface area contributed by atoms with Crippen LogP contribution < -0.4 is 5.32 Å². The molecular weight excluding hydrogens is 199 g/mol. The van der Waals surface area contributed by atoms with Crippen molar-refractivity contribution >= 4 is 11.7 Å². The Balaban J connectivity index is 2.51. The predicted molar refractivity (Wildman–Crippen MR) is 41.5 cm³/mol. The largest absolute Gasteiger partial charge is 0.471 e. The standard InChI is InChI=1S/C8H10F3NO2/c9-8(10,11)7(14)12-5-3-1-2-4-6(5)13/h5H,1-4H2,(H,12,14)/t5-/m1/s1. The number of ketones is 1. The molecular formula is C8H10F3NO2. The van der Waals surface area contributed by atoms with Gasteiger partial charge < -0.3 is 5.32 Å². The Kier molecular flexibility index (Phi) is 3.13. The Morgan fingerprint density at radius 3 is 2.50 bits per heavy atom. The highest BCUT2D eigenvalue weighted by Crippen LogP contribution is 2.18. The van der Waals surface area contributed by atoms with Crippen LogP contribution in [0.1, 0.15) is 25.7 Å². The summed E-state index contributed by atoms with van der Waals surface area (Å²) in [7, 11) is 0. The van der Waals surface area contributed by atoms with Gasteiger partial charge in [-0.15, -0.1) is 0 Å². The zero-order valence-electron chi connectivity index (χ0n) is 7.36. The maximum absolute atomic E-state index is 11.8. The van der Waals surface area contributed by atoms with Crippen molar-refractivity contribution in [2.75, 3.05) is 0 Å². The van der Waals surface area contributed by atoms with E-state index in [1.165, 1.54) is 0 Å². The van der Waals surface area contributed by atoms with Gasteiger partial charge in [0.2, 0.25) is 0 Å². The van der Waals surface area contributed by atoms with E-state index in [2.05, 4.69) is 0 Å². The Morgan fingerprint density at radius 2 is 2.00 bits per heavy atom. The molecule has 1 aliphatic rings. The van der Waals surface area contributed by atoms with Crippen molar-refractivity contribution in [3.63, 3.8) is 0 Å². The molecule has 0 radical (unpaired) electrons. The fraction of sp³-hybridized carbons (Fsp3) is 0.750. The highest BCUT2D eigenvalue weighted by Gasteiger charge is 2.40. The number of hydrogen-bond acceptors (Lipinski definition) is 2. The first-order valence-corrected chi connectivity index (χ1v) is 4.31. The molecule has 0 aromatic carbocycles. The van der Waals surface area contributed by atoms with Crippen LogP contribution in [0.2, 0.25) is 0 Å². The maximum Gasteiger partial charge on any atom is 0.471 e. The molecule has 1 fully saturated rings. The van der Waals surface area contributed by atoms with Crippen molar-refractivity contribution in [1.29, 1.82) is 0 Å². The van der Waals surface area contributed by atoms with Crippen molar-refractivity contribution in [1.82, 2.24) is 5.32 Å². The average molecular weight is 209 g/mol. The second-order valence-electron chi connectivity index (χ2n) is 3.24. The number of nitrogens with one attached hydrogen (secondary N) is 1. The van der Waals surface area contributed by atoms with Gasteiger partial charge in [0.25, 0.3) is 0 Å². The van der Waals surface area contributed by atoms with E-state index in [1.54, 1.807) is 5.32 Å². The first kappa shape index (κ1) is 11.0. The smallest absolute Gasteiger partial charge is 0.338 e. The molecule has 1 rings (SSSR count). The van der Waals surface area contributed by atoms with E-state index in [9.17, 15) is 22.8 Å². The number of alkyl halides is 3. The van der Waals surface area contributed by atoms with Gasteiger partial charge in [0.1, 0.15) is 0 Å². The lowest BCUT2D eigenvalue weighted by atomic mass is 9.94. The third kappa shape index (κ3) is 2.71. The first-order chi connectivity index (χ1) is 6.41. The minimum Gasteiger partial charge on any atom is -0.338 e. The number of halogens is 3. The van der Waals surface area contributed by atoms with E-state index in [0.717, 1.165) is 0 Å². The summed E-state index contributed by atoms with van der Waals surface area (Å²) in [6.45, 7) is 0. The highest BCUT2D eigenvalue weighted by atomic mass is 19.4. The molecule has 1 atom stereocenters. The summed E-state index contributed by atoms with van der Waals surface area (Å²) in [5.74, 6) is -2.34. The molecule has 0 aromatic heterocycles. The van der Waals surface area contributed by atoms with Gasteiger partial charge >= 0.3 is 12.1 Å². The van der Waals surface area contributed by atoms with E-state index >= 15 is 0 Å². The monoisotopic (exact) mass is 209 g/mol. The van der Waals surface area contributed by atoms with Gasteiger partial charge in [-0.05, 0) is 12.8 Å². The zero-order valence-corrected chi connectivity index (χ0v) is 7.36. The van der Waals surface area contributed by atoms with Crippen LogP contribution >= 0.6 is 0 Å². The number of amides is 1. The molecule has 1 N–H and O–H groups in total. The average Bonchev–Trinajstić information content (AvgIpc) is 2.07. The number of carbonyl (C=O) groups excluding carboxylic acids is 2. The lowest BCUT2D eigenvalue weighted by molar-refractivity contribution is -0.174. The van der Waals surface area contributed by atoms with Crippen LogP contribution in [0.3, 0.4) is 0 Å². The predicted octanol–water partition coefficient (Wildman–Crippen LogP) is 1.18. The number of hydrogen-bond donors (Lipinski definition) is 1. The second-order valence-corrected chi connectivity index (χ2v) is 3.24. The normalized spacial score (nSPS) is 23.4. The van der Waals surface area contributed by atoms with Crippen molar-refractivity contribution in [2.24, 2.45) is 0 Å². The quantitative estimate of drug-likeness (QED) is 0.704. The van der Waals surface area contributed by atoms with Crippen molar-refractivity contribution in [2.45, 2.75) is 37.9 Å². The Hall–Kier alpha value is -1.07. The van der Waals surface area contributed by atoms with Crippen LogP contribution in [0.15, 0.2) is 0 Å². The van der Waals surface area contributed by atoms with E-state index in [-0.39, 0.29) is 12.2 Å². The summed E-state index contributed by atoms with van der Waals surface area (Å²) in [5, 5.41) is 1.70. The molecule has 0 aromatic rings. The number of carbonyl (C=O) groups is 2. The summed E-state index contributed by atoms with van der Waals surface area (Å²) in [6, 6.07) is -0.946. The molecule has 0 spiro atoms. The van der Waals surface area contributed by atoms with Gasteiger partial charge in [0.05, 0.1) is 6.04 Å². The molecule has 0 saturated heterocycles. The molecule has 3 nitrogen and oxygen atoms in total. The Labute approximate surface area is 78.7 Å². The minimum absolute atomic E-state index is 0.253. The number of Topliss-reactive ketones (excluding diaryl/α,β-unsaturated/α-hetero) is 1. The van der Waals surface area contributed by atoms with Gasteiger partial charge in [0, 0.05) is 6.42 Å². The topological polar surface area (TPSA) is 46.2 Å². The van der Waals surface area contributed by atoms with Gasteiger partial charge in [-0.3, -0.25) is 9.59 Å². The fourth-order valence-corrected chi connectivity index (χ4v) is 1.38. The van der Waals surface area contributed by atoms with Crippen LogP contribution in [-0.2, 0) is 9.59 Å². The van der Waals surface area contributed by atoms with Gasteiger partial charge in [-0.2, -0.15) is 13.2 Å². The summed E-state index contributed by atoms with van der Waals surface area (Å²) in [6.07, 6.45) is -2.98. The van der Waals surface area contributed by atoms with Crippen LogP contribution in [0.5, 0.6) is 0 Å². The fourth-order valence-electron chi connectivity index (χ4n) is 1.38. The molecule has 14 heavy (non-hydrogen) atoms. The summed E-state index contributed by atoms with van der Waals surface area (Å²) >= 11 is 0. The first-order valence-electron chi connectivity index (χ1n) is 4.31.